The Hall–Kier alpha value is -3.44. The zero-order valence-electron chi connectivity index (χ0n) is 19.9. The molecular formula is C24H26ClFN4O6. The summed E-state index contributed by atoms with van der Waals surface area (Å²) in [6, 6.07) is 7.42. The minimum atomic E-state index is -1.12. The number of ether oxygens (including phenoxy) is 1. The average Bonchev–Trinajstić information content (AvgIpc) is 3.13. The van der Waals surface area contributed by atoms with E-state index in [-0.39, 0.29) is 36.0 Å². The van der Waals surface area contributed by atoms with Gasteiger partial charge in [-0.25, -0.2) is 14.0 Å². The van der Waals surface area contributed by atoms with E-state index < -0.39 is 46.8 Å². The van der Waals surface area contributed by atoms with Crippen LogP contribution in [0.4, 0.5) is 9.18 Å². The Kier molecular flexibility index (Phi) is 7.05. The van der Waals surface area contributed by atoms with Crippen molar-refractivity contribution < 1.29 is 23.6 Å². The summed E-state index contributed by atoms with van der Waals surface area (Å²) >= 11 is 5.90. The maximum atomic E-state index is 14.4. The van der Waals surface area contributed by atoms with Crippen molar-refractivity contribution in [3.63, 3.8) is 0 Å². The third-order valence-corrected chi connectivity index (χ3v) is 6.54. The second-order valence-electron chi connectivity index (χ2n) is 9.86. The number of amides is 1. The highest BCUT2D eigenvalue weighted by molar-refractivity contribution is 6.30. The fraction of sp³-hybridized carbons (Fsp3) is 0.417. The monoisotopic (exact) mass is 520 g/mol. The predicted molar refractivity (Wildman–Crippen MR) is 128 cm³/mol. The molecule has 2 N–H and O–H groups in total. The summed E-state index contributed by atoms with van der Waals surface area (Å²) in [5.41, 5.74) is -0.314. The van der Waals surface area contributed by atoms with E-state index in [1.54, 1.807) is 18.3 Å². The fourth-order valence-corrected chi connectivity index (χ4v) is 4.39. The Bertz CT molecular complexity index is 1380. The minimum absolute atomic E-state index is 0.0206. The van der Waals surface area contributed by atoms with Crippen LogP contribution in [0.15, 0.2) is 50.6 Å². The summed E-state index contributed by atoms with van der Waals surface area (Å²) in [7, 11) is 0. The number of aromatic nitrogens is 3. The van der Waals surface area contributed by atoms with Gasteiger partial charge in [0.05, 0.1) is 29.3 Å². The van der Waals surface area contributed by atoms with E-state index in [4.69, 9.17) is 16.3 Å². The van der Waals surface area contributed by atoms with Crippen molar-refractivity contribution in [1.82, 2.24) is 19.6 Å². The van der Waals surface area contributed by atoms with E-state index in [0.717, 1.165) is 0 Å². The molecule has 0 saturated carbocycles. The summed E-state index contributed by atoms with van der Waals surface area (Å²) in [5.74, 6) is -2.02. The quantitative estimate of drug-likeness (QED) is 0.535. The molecule has 0 radical (unpaired) electrons. The largest absolute Gasteiger partial charge is 0.465 e. The van der Waals surface area contributed by atoms with E-state index in [1.807, 2.05) is 20.8 Å². The van der Waals surface area contributed by atoms with Crippen molar-refractivity contribution in [3.8, 4) is 11.4 Å². The fourth-order valence-electron chi connectivity index (χ4n) is 4.27. The van der Waals surface area contributed by atoms with E-state index in [2.05, 4.69) is 14.7 Å². The van der Waals surface area contributed by atoms with Crippen molar-refractivity contribution in [2.45, 2.75) is 39.5 Å². The average molecular weight is 521 g/mol. The number of hydrogen-bond acceptors (Lipinski definition) is 6. The molecule has 1 aromatic carbocycles. The van der Waals surface area contributed by atoms with Crippen LogP contribution in [-0.2, 0) is 11.3 Å². The van der Waals surface area contributed by atoms with Crippen molar-refractivity contribution in [1.29, 1.82) is 0 Å². The number of nitrogens with zero attached hydrogens (tertiary/aromatic N) is 3. The van der Waals surface area contributed by atoms with Gasteiger partial charge >= 0.3 is 11.8 Å². The number of H-pyrrole nitrogens is 1. The van der Waals surface area contributed by atoms with Gasteiger partial charge in [-0.2, -0.15) is 0 Å². The summed E-state index contributed by atoms with van der Waals surface area (Å²) in [6.45, 7) is 5.99. The number of rotatable bonds is 4. The number of aromatic amines is 1. The summed E-state index contributed by atoms with van der Waals surface area (Å²) in [4.78, 5) is 40.3. The third-order valence-electron chi connectivity index (χ3n) is 6.24. The molecule has 1 unspecified atom stereocenters. The van der Waals surface area contributed by atoms with E-state index in [1.165, 1.54) is 27.7 Å². The molecule has 3 aromatic rings. The molecule has 2 aromatic heterocycles. The van der Waals surface area contributed by atoms with Gasteiger partial charge in [0.1, 0.15) is 5.82 Å². The molecule has 1 aliphatic heterocycles. The zero-order valence-corrected chi connectivity index (χ0v) is 20.7. The molecule has 192 valence electrons. The lowest BCUT2D eigenvalue weighted by Gasteiger charge is -2.34. The Balaban J connectivity index is 1.78. The van der Waals surface area contributed by atoms with Crippen LogP contribution in [0.3, 0.4) is 0 Å². The Morgan fingerprint density at radius 2 is 2.03 bits per heavy atom. The van der Waals surface area contributed by atoms with Gasteiger partial charge in [-0.1, -0.05) is 43.6 Å². The lowest BCUT2D eigenvalue weighted by molar-refractivity contribution is -0.0789. The van der Waals surface area contributed by atoms with Crippen LogP contribution >= 0.6 is 11.6 Å². The van der Waals surface area contributed by atoms with Crippen molar-refractivity contribution in [2.24, 2.45) is 11.3 Å². The molecular weight excluding hydrogens is 495 g/mol. The number of nitrogens with one attached hydrogen (secondary N) is 1. The van der Waals surface area contributed by atoms with Gasteiger partial charge in [0.2, 0.25) is 0 Å². The molecule has 1 fully saturated rings. The van der Waals surface area contributed by atoms with Crippen LogP contribution in [0.2, 0.25) is 5.02 Å². The zero-order chi connectivity index (χ0) is 26.2. The first-order valence-corrected chi connectivity index (χ1v) is 11.7. The summed E-state index contributed by atoms with van der Waals surface area (Å²) in [6.07, 6.45) is -0.832. The highest BCUT2D eigenvalue weighted by Gasteiger charge is 2.40. The summed E-state index contributed by atoms with van der Waals surface area (Å²) < 4.78 is 26.8. The summed E-state index contributed by atoms with van der Waals surface area (Å²) in [5, 5.41) is 13.4. The van der Waals surface area contributed by atoms with E-state index in [0.29, 0.717) is 5.56 Å². The molecule has 1 aliphatic rings. The molecule has 1 amide bonds. The predicted octanol–water partition coefficient (Wildman–Crippen LogP) is 3.77. The Morgan fingerprint density at radius 3 is 2.64 bits per heavy atom. The van der Waals surface area contributed by atoms with Gasteiger partial charge in [-0.15, -0.1) is 0 Å². The SMILES string of the molecule is CC(C)(C)C1CN(C(=O)O)C[C@@H](Cn2cccc(-c3noc(=O)[nH]3)c2=O)[C@H](c2ccc(Cl)c(F)c2)O1. The number of halogens is 2. The second-order valence-corrected chi connectivity index (χ2v) is 10.3. The molecule has 10 nitrogen and oxygen atoms in total. The van der Waals surface area contributed by atoms with Crippen LogP contribution in [0.5, 0.6) is 0 Å². The second kappa shape index (κ2) is 9.90. The van der Waals surface area contributed by atoms with Crippen molar-refractivity contribution >= 4 is 17.7 Å². The van der Waals surface area contributed by atoms with Gasteiger partial charge < -0.3 is 19.3 Å². The van der Waals surface area contributed by atoms with E-state index >= 15 is 0 Å². The standard InChI is InChI=1S/C24H26ClFN4O6/c1-24(2,3)18-12-30(23(33)34)11-14(19(35-18)13-6-7-16(25)17(26)9-13)10-29-8-4-5-15(21(29)31)20-27-22(32)36-28-20/h4-9,14,18-19H,10-12H2,1-3H3,(H,33,34)(H,27,28,32)/t14-,18?,19+/m1/s1. The number of carboxylic acid groups (broad SMARTS) is 1. The third kappa shape index (κ3) is 5.36. The van der Waals surface area contributed by atoms with Crippen LogP contribution in [-0.4, -0.2) is 50.0 Å². The minimum Gasteiger partial charge on any atom is -0.465 e. The molecule has 3 heterocycles. The molecule has 0 spiro atoms. The van der Waals surface area contributed by atoms with E-state index in [9.17, 15) is 23.9 Å². The van der Waals surface area contributed by atoms with Crippen molar-refractivity contribution in [2.75, 3.05) is 13.1 Å². The number of carbonyl (C=O) groups is 1. The number of hydrogen-bond donors (Lipinski definition) is 2. The van der Waals surface area contributed by atoms with Gasteiger partial charge in [-0.05, 0) is 35.2 Å². The molecule has 12 heteroatoms. The maximum absolute atomic E-state index is 14.4. The molecule has 1 saturated heterocycles. The normalized spacial score (nSPS) is 20.8. The van der Waals surface area contributed by atoms with Gasteiger partial charge in [-0.3, -0.25) is 14.3 Å². The van der Waals surface area contributed by atoms with Crippen LogP contribution in [0.1, 0.15) is 32.4 Å². The lowest BCUT2D eigenvalue weighted by Crippen LogP contribution is -2.42. The highest BCUT2D eigenvalue weighted by Crippen LogP contribution is 2.38. The van der Waals surface area contributed by atoms with Crippen LogP contribution in [0.25, 0.3) is 11.4 Å². The maximum Gasteiger partial charge on any atom is 0.439 e. The van der Waals surface area contributed by atoms with Crippen LogP contribution < -0.4 is 11.3 Å². The molecule has 0 bridgehead atoms. The first-order valence-electron chi connectivity index (χ1n) is 11.3. The van der Waals surface area contributed by atoms with Gasteiger partial charge in [0, 0.05) is 25.2 Å². The first-order chi connectivity index (χ1) is 16.9. The van der Waals surface area contributed by atoms with Crippen molar-refractivity contribution in [3.05, 3.63) is 73.8 Å². The van der Waals surface area contributed by atoms with Gasteiger partial charge in [0.25, 0.3) is 5.56 Å². The molecule has 36 heavy (non-hydrogen) atoms. The van der Waals surface area contributed by atoms with Crippen LogP contribution in [0, 0.1) is 17.2 Å². The Morgan fingerprint density at radius 1 is 1.28 bits per heavy atom. The highest BCUT2D eigenvalue weighted by atomic mass is 35.5. The Labute approximate surface area is 210 Å². The smallest absolute Gasteiger partial charge is 0.439 e. The topological polar surface area (TPSA) is 131 Å². The molecule has 4 rings (SSSR count). The molecule has 0 aliphatic carbocycles. The number of benzene rings is 1. The first kappa shape index (κ1) is 25.6. The molecule has 3 atom stereocenters. The lowest BCUT2D eigenvalue weighted by atomic mass is 9.88. The van der Waals surface area contributed by atoms with Gasteiger partial charge in [0.15, 0.2) is 5.82 Å². The number of pyridine rings is 1.